The number of nitrogens with zero attached hydrogens (tertiary/aromatic N) is 1. The van der Waals surface area contributed by atoms with Crippen molar-refractivity contribution in [2.45, 2.75) is 45.6 Å². The van der Waals surface area contributed by atoms with Crippen LogP contribution in [-0.2, 0) is 0 Å². The molecule has 1 aliphatic carbocycles. The molecule has 3 heteroatoms. The summed E-state index contributed by atoms with van der Waals surface area (Å²) in [6.45, 7) is 8.07. The standard InChI is InChI=1S/C12H20N2S/c1-4-5-13-10-8-9(12(10,2)3)11-14-6-7-15-11/h6-7,9-10,13H,4-5,8H2,1-3H3. The van der Waals surface area contributed by atoms with Crippen molar-refractivity contribution < 1.29 is 0 Å². The van der Waals surface area contributed by atoms with Crippen molar-refractivity contribution in [2.75, 3.05) is 6.54 Å². The summed E-state index contributed by atoms with van der Waals surface area (Å²) in [5, 5.41) is 7.02. The van der Waals surface area contributed by atoms with Gasteiger partial charge in [-0.05, 0) is 24.8 Å². The summed E-state index contributed by atoms with van der Waals surface area (Å²) in [7, 11) is 0. The molecule has 1 aromatic rings. The third-order valence-electron chi connectivity index (χ3n) is 3.66. The van der Waals surface area contributed by atoms with Crippen LogP contribution >= 0.6 is 11.3 Å². The Morgan fingerprint density at radius 1 is 1.60 bits per heavy atom. The number of nitrogens with one attached hydrogen (secondary N) is 1. The predicted molar refractivity (Wildman–Crippen MR) is 65.3 cm³/mol. The van der Waals surface area contributed by atoms with Crippen molar-refractivity contribution in [2.24, 2.45) is 5.41 Å². The number of thiazole rings is 1. The molecule has 0 radical (unpaired) electrons. The zero-order valence-corrected chi connectivity index (χ0v) is 10.6. The van der Waals surface area contributed by atoms with Gasteiger partial charge in [-0.3, -0.25) is 0 Å². The lowest BCUT2D eigenvalue weighted by atomic mass is 9.59. The van der Waals surface area contributed by atoms with E-state index in [9.17, 15) is 0 Å². The van der Waals surface area contributed by atoms with Crippen LogP contribution in [0.15, 0.2) is 11.6 Å². The summed E-state index contributed by atoms with van der Waals surface area (Å²) in [6, 6.07) is 0.673. The molecule has 0 aromatic carbocycles. The van der Waals surface area contributed by atoms with E-state index < -0.39 is 0 Å². The summed E-state index contributed by atoms with van der Waals surface area (Å²) < 4.78 is 0. The molecule has 2 atom stereocenters. The van der Waals surface area contributed by atoms with Crippen LogP contribution < -0.4 is 5.32 Å². The minimum absolute atomic E-state index is 0.368. The highest BCUT2D eigenvalue weighted by molar-refractivity contribution is 7.09. The summed E-state index contributed by atoms with van der Waals surface area (Å²) in [4.78, 5) is 4.44. The maximum absolute atomic E-state index is 4.44. The quantitative estimate of drug-likeness (QED) is 0.850. The summed E-state index contributed by atoms with van der Waals surface area (Å²) >= 11 is 1.80. The summed E-state index contributed by atoms with van der Waals surface area (Å²) in [5.74, 6) is 0.659. The molecule has 0 aliphatic heterocycles. The van der Waals surface area contributed by atoms with Gasteiger partial charge >= 0.3 is 0 Å². The van der Waals surface area contributed by atoms with E-state index in [0.29, 0.717) is 17.4 Å². The first kappa shape index (κ1) is 11.1. The summed E-state index contributed by atoms with van der Waals surface area (Å²) in [5.41, 5.74) is 0.368. The number of hydrogen-bond donors (Lipinski definition) is 1. The number of hydrogen-bond acceptors (Lipinski definition) is 3. The lowest BCUT2D eigenvalue weighted by molar-refractivity contribution is 0.0693. The molecule has 1 aromatic heterocycles. The third kappa shape index (κ3) is 1.95. The van der Waals surface area contributed by atoms with Crippen LogP contribution in [0.1, 0.15) is 44.5 Å². The molecule has 15 heavy (non-hydrogen) atoms. The molecular weight excluding hydrogens is 204 g/mol. The van der Waals surface area contributed by atoms with E-state index in [1.807, 2.05) is 6.20 Å². The van der Waals surface area contributed by atoms with Gasteiger partial charge in [-0.2, -0.15) is 0 Å². The van der Waals surface area contributed by atoms with Gasteiger partial charge in [0.05, 0.1) is 5.01 Å². The van der Waals surface area contributed by atoms with E-state index >= 15 is 0 Å². The van der Waals surface area contributed by atoms with Gasteiger partial charge in [-0.25, -0.2) is 4.98 Å². The molecule has 0 bridgehead atoms. The topological polar surface area (TPSA) is 24.9 Å². The molecule has 1 N–H and O–H groups in total. The van der Waals surface area contributed by atoms with Crippen molar-refractivity contribution in [1.82, 2.24) is 10.3 Å². The van der Waals surface area contributed by atoms with E-state index in [4.69, 9.17) is 0 Å². The molecule has 1 heterocycles. The molecule has 1 aliphatic rings. The van der Waals surface area contributed by atoms with Crippen LogP contribution in [0.3, 0.4) is 0 Å². The lowest BCUT2D eigenvalue weighted by Crippen LogP contribution is -2.55. The van der Waals surface area contributed by atoms with Crippen LogP contribution in [-0.4, -0.2) is 17.6 Å². The molecule has 1 fully saturated rings. The van der Waals surface area contributed by atoms with E-state index in [0.717, 1.165) is 6.54 Å². The average Bonchev–Trinajstić information content (AvgIpc) is 2.69. The molecule has 84 valence electrons. The molecular formula is C12H20N2S. The second-order valence-corrected chi connectivity index (χ2v) is 5.91. The Kier molecular flexibility index (Phi) is 3.12. The van der Waals surface area contributed by atoms with E-state index in [-0.39, 0.29) is 0 Å². The van der Waals surface area contributed by atoms with E-state index in [1.165, 1.54) is 17.8 Å². The zero-order chi connectivity index (χ0) is 10.9. The van der Waals surface area contributed by atoms with Gasteiger partial charge in [0.25, 0.3) is 0 Å². The third-order valence-corrected chi connectivity index (χ3v) is 4.55. The number of rotatable bonds is 4. The molecule has 2 unspecified atom stereocenters. The van der Waals surface area contributed by atoms with Gasteiger partial charge in [-0.1, -0.05) is 20.8 Å². The normalized spacial score (nSPS) is 28.7. The van der Waals surface area contributed by atoms with E-state index in [2.05, 4.69) is 36.5 Å². The Hall–Kier alpha value is -0.410. The van der Waals surface area contributed by atoms with Crippen LogP contribution in [0.25, 0.3) is 0 Å². The van der Waals surface area contributed by atoms with Crippen molar-refractivity contribution in [1.29, 1.82) is 0 Å². The lowest BCUT2D eigenvalue weighted by Gasteiger charge is -2.51. The van der Waals surface area contributed by atoms with Crippen LogP contribution in [0, 0.1) is 5.41 Å². The minimum atomic E-state index is 0.368. The fourth-order valence-corrected chi connectivity index (χ4v) is 3.36. The SMILES string of the molecule is CCCNC1CC(c2nccs2)C1(C)C. The Balaban J connectivity index is 1.97. The Bertz CT molecular complexity index is 305. The zero-order valence-electron chi connectivity index (χ0n) is 9.79. The molecule has 0 amide bonds. The highest BCUT2D eigenvalue weighted by atomic mass is 32.1. The smallest absolute Gasteiger partial charge is 0.0962 e. The van der Waals surface area contributed by atoms with Crippen molar-refractivity contribution >= 4 is 11.3 Å². The van der Waals surface area contributed by atoms with Gasteiger partial charge in [0.15, 0.2) is 0 Å². The van der Waals surface area contributed by atoms with Crippen molar-refractivity contribution in [3.05, 3.63) is 16.6 Å². The van der Waals surface area contributed by atoms with Crippen LogP contribution in [0.4, 0.5) is 0 Å². The Labute approximate surface area is 96.1 Å². The Morgan fingerprint density at radius 2 is 2.40 bits per heavy atom. The van der Waals surface area contributed by atoms with Gasteiger partial charge in [0, 0.05) is 23.5 Å². The fourth-order valence-electron chi connectivity index (χ4n) is 2.42. The fraction of sp³-hybridized carbons (Fsp3) is 0.750. The number of aromatic nitrogens is 1. The molecule has 0 saturated heterocycles. The molecule has 0 spiro atoms. The first-order valence-corrected chi connectivity index (χ1v) is 6.67. The second kappa shape index (κ2) is 4.22. The van der Waals surface area contributed by atoms with Crippen molar-refractivity contribution in [3.63, 3.8) is 0 Å². The maximum Gasteiger partial charge on any atom is 0.0962 e. The first-order chi connectivity index (χ1) is 7.16. The van der Waals surface area contributed by atoms with Crippen molar-refractivity contribution in [3.8, 4) is 0 Å². The highest BCUT2D eigenvalue weighted by Crippen LogP contribution is 2.52. The molecule has 1 saturated carbocycles. The first-order valence-electron chi connectivity index (χ1n) is 5.79. The Morgan fingerprint density at radius 3 is 2.93 bits per heavy atom. The minimum Gasteiger partial charge on any atom is -0.313 e. The predicted octanol–water partition coefficient (Wildman–Crippen LogP) is 3.02. The summed E-state index contributed by atoms with van der Waals surface area (Å²) in [6.07, 6.45) is 4.39. The second-order valence-electron chi connectivity index (χ2n) is 4.99. The monoisotopic (exact) mass is 224 g/mol. The largest absolute Gasteiger partial charge is 0.313 e. The molecule has 2 nitrogen and oxygen atoms in total. The average molecular weight is 224 g/mol. The van der Waals surface area contributed by atoms with E-state index in [1.54, 1.807) is 11.3 Å². The maximum atomic E-state index is 4.44. The van der Waals surface area contributed by atoms with Gasteiger partial charge in [0.1, 0.15) is 0 Å². The van der Waals surface area contributed by atoms with Crippen LogP contribution in [0.2, 0.25) is 0 Å². The molecule has 2 rings (SSSR count). The van der Waals surface area contributed by atoms with Gasteiger partial charge < -0.3 is 5.32 Å². The van der Waals surface area contributed by atoms with Crippen LogP contribution in [0.5, 0.6) is 0 Å². The highest BCUT2D eigenvalue weighted by Gasteiger charge is 2.49. The van der Waals surface area contributed by atoms with Gasteiger partial charge in [0.2, 0.25) is 0 Å². The van der Waals surface area contributed by atoms with Gasteiger partial charge in [-0.15, -0.1) is 11.3 Å².